The largest absolute Gasteiger partial charge is 0.442 e. The molecule has 4 amide bonds. The van der Waals surface area contributed by atoms with Crippen LogP contribution in [0.25, 0.3) is 11.1 Å². The Bertz CT molecular complexity index is 1130. The van der Waals surface area contributed by atoms with Gasteiger partial charge in [0.1, 0.15) is 23.8 Å². The van der Waals surface area contributed by atoms with Gasteiger partial charge < -0.3 is 20.1 Å². The van der Waals surface area contributed by atoms with Crippen molar-refractivity contribution < 1.29 is 37.4 Å². The maximum atomic E-state index is 15.0. The van der Waals surface area contributed by atoms with Crippen LogP contribution in [0.5, 0.6) is 0 Å². The van der Waals surface area contributed by atoms with Crippen LogP contribution in [0.1, 0.15) is 13.8 Å². The molecular formula is C24H24F2N4O6. The molecule has 2 saturated heterocycles. The monoisotopic (exact) mass is 502 g/mol. The molecule has 0 radical (unpaired) electrons. The predicted molar refractivity (Wildman–Crippen MR) is 124 cm³/mol. The molecule has 2 N–H and O–H groups in total. The molecule has 12 heteroatoms. The molecule has 0 aliphatic carbocycles. The van der Waals surface area contributed by atoms with Crippen LogP contribution in [-0.2, 0) is 19.1 Å². The van der Waals surface area contributed by atoms with Crippen LogP contribution in [0.2, 0.25) is 0 Å². The van der Waals surface area contributed by atoms with E-state index < -0.39 is 36.0 Å². The number of anilines is 2. The minimum absolute atomic E-state index is 0.0299. The van der Waals surface area contributed by atoms with Crippen molar-refractivity contribution in [2.24, 2.45) is 0 Å². The van der Waals surface area contributed by atoms with Crippen LogP contribution in [0.3, 0.4) is 0 Å². The van der Waals surface area contributed by atoms with Crippen LogP contribution in [-0.4, -0.2) is 62.4 Å². The molecule has 2 aliphatic rings. The number of hydrogen-bond acceptors (Lipinski definition) is 6. The Labute approximate surface area is 205 Å². The van der Waals surface area contributed by atoms with Crippen molar-refractivity contribution in [1.82, 2.24) is 10.6 Å². The average molecular weight is 502 g/mol. The second-order valence-corrected chi connectivity index (χ2v) is 8.44. The number of carbonyl (C=O) groups is 4. The molecular weight excluding hydrogens is 478 g/mol. The van der Waals surface area contributed by atoms with E-state index in [1.165, 1.54) is 47.9 Å². The van der Waals surface area contributed by atoms with Crippen LogP contribution in [0.15, 0.2) is 36.4 Å². The number of rotatable bonds is 7. The third-order valence-electron chi connectivity index (χ3n) is 5.72. The lowest BCUT2D eigenvalue weighted by molar-refractivity contribution is -0.120. The number of carbonyl (C=O) groups excluding carboxylic acids is 4. The molecule has 2 heterocycles. The molecule has 10 nitrogen and oxygen atoms in total. The fourth-order valence-electron chi connectivity index (χ4n) is 3.97. The molecule has 2 atom stereocenters. The molecule has 0 unspecified atom stereocenters. The molecule has 2 fully saturated rings. The number of nitrogens with one attached hydrogen (secondary N) is 2. The first-order chi connectivity index (χ1) is 17.1. The van der Waals surface area contributed by atoms with E-state index in [-0.39, 0.29) is 60.5 Å². The lowest BCUT2D eigenvalue weighted by Gasteiger charge is -2.16. The van der Waals surface area contributed by atoms with Crippen molar-refractivity contribution in [2.75, 3.05) is 36.0 Å². The van der Waals surface area contributed by atoms with E-state index >= 15 is 0 Å². The van der Waals surface area contributed by atoms with Crippen molar-refractivity contribution >= 4 is 35.4 Å². The lowest BCUT2D eigenvalue weighted by Crippen LogP contribution is -2.33. The highest BCUT2D eigenvalue weighted by molar-refractivity contribution is 5.91. The van der Waals surface area contributed by atoms with Crippen molar-refractivity contribution in [3.05, 3.63) is 48.0 Å². The first kappa shape index (κ1) is 24.9. The van der Waals surface area contributed by atoms with E-state index in [2.05, 4.69) is 10.6 Å². The first-order valence-corrected chi connectivity index (χ1v) is 11.2. The van der Waals surface area contributed by atoms with Gasteiger partial charge in [-0.25, -0.2) is 18.4 Å². The normalized spacial score (nSPS) is 19.2. The average Bonchev–Trinajstić information content (AvgIpc) is 3.38. The zero-order valence-corrected chi connectivity index (χ0v) is 19.5. The minimum Gasteiger partial charge on any atom is -0.442 e. The van der Waals surface area contributed by atoms with Crippen LogP contribution < -0.4 is 20.4 Å². The summed E-state index contributed by atoms with van der Waals surface area (Å²) in [5, 5.41) is 5.12. The Morgan fingerprint density at radius 3 is 1.53 bits per heavy atom. The quantitative estimate of drug-likeness (QED) is 0.601. The van der Waals surface area contributed by atoms with Gasteiger partial charge in [-0.15, -0.1) is 0 Å². The summed E-state index contributed by atoms with van der Waals surface area (Å²) in [5.41, 5.74) is 0.401. The summed E-state index contributed by atoms with van der Waals surface area (Å²) in [7, 11) is 0. The molecule has 190 valence electrons. The van der Waals surface area contributed by atoms with Crippen molar-refractivity contribution in [2.45, 2.75) is 26.1 Å². The fraction of sp³-hybridized carbons (Fsp3) is 0.333. The molecule has 2 aromatic rings. The van der Waals surface area contributed by atoms with Crippen LogP contribution >= 0.6 is 0 Å². The van der Waals surface area contributed by atoms with Gasteiger partial charge in [-0.05, 0) is 36.4 Å². The lowest BCUT2D eigenvalue weighted by atomic mass is 10.0. The molecule has 0 bridgehead atoms. The highest BCUT2D eigenvalue weighted by atomic mass is 19.1. The summed E-state index contributed by atoms with van der Waals surface area (Å²) in [5.74, 6) is -2.04. The second-order valence-electron chi connectivity index (χ2n) is 8.44. The molecule has 2 aromatic carbocycles. The van der Waals surface area contributed by atoms with Crippen LogP contribution in [0, 0.1) is 11.6 Å². The van der Waals surface area contributed by atoms with Gasteiger partial charge in [0.05, 0.1) is 37.6 Å². The summed E-state index contributed by atoms with van der Waals surface area (Å²) in [4.78, 5) is 49.0. The second kappa shape index (κ2) is 10.2. The number of ether oxygens (including phenoxy) is 2. The van der Waals surface area contributed by atoms with Gasteiger partial charge in [0.25, 0.3) is 0 Å². The number of cyclic esters (lactones) is 2. The zero-order valence-electron chi connectivity index (χ0n) is 19.5. The predicted octanol–water partition coefficient (Wildman–Crippen LogP) is 2.55. The summed E-state index contributed by atoms with van der Waals surface area (Å²) in [6.07, 6.45) is -2.52. The van der Waals surface area contributed by atoms with Gasteiger partial charge >= 0.3 is 12.2 Å². The SMILES string of the molecule is CC(=O)NC[C@H]1CN(c2ccc(-c3ccc(N4C[C@H](CNC(C)=O)OC4=O)cc3F)c(F)c2)C(=O)O1. The topological polar surface area (TPSA) is 117 Å². The maximum Gasteiger partial charge on any atom is 0.414 e. The van der Waals surface area contributed by atoms with Crippen molar-refractivity contribution in [3.63, 3.8) is 0 Å². The molecule has 0 aromatic heterocycles. The van der Waals surface area contributed by atoms with Gasteiger partial charge in [-0.2, -0.15) is 0 Å². The van der Waals surface area contributed by atoms with Crippen molar-refractivity contribution in [1.29, 1.82) is 0 Å². The van der Waals surface area contributed by atoms with Gasteiger partial charge in [0.15, 0.2) is 0 Å². The van der Waals surface area contributed by atoms with Gasteiger partial charge in [-0.1, -0.05) is 0 Å². The molecule has 2 aliphatic heterocycles. The Morgan fingerprint density at radius 1 is 0.806 bits per heavy atom. The third-order valence-corrected chi connectivity index (χ3v) is 5.72. The van der Waals surface area contributed by atoms with Gasteiger partial charge in [-0.3, -0.25) is 19.4 Å². The van der Waals surface area contributed by atoms with E-state index in [1.807, 2.05) is 0 Å². The van der Waals surface area contributed by atoms with E-state index in [9.17, 15) is 28.0 Å². The maximum absolute atomic E-state index is 15.0. The van der Waals surface area contributed by atoms with E-state index in [4.69, 9.17) is 9.47 Å². The summed E-state index contributed by atoms with van der Waals surface area (Å²) >= 11 is 0. The number of halogens is 2. The van der Waals surface area contributed by atoms with E-state index in [1.54, 1.807) is 0 Å². The molecule has 0 saturated carbocycles. The summed E-state index contributed by atoms with van der Waals surface area (Å²) in [6.45, 7) is 3.19. The number of benzene rings is 2. The Balaban J connectivity index is 1.48. The number of hydrogen-bond donors (Lipinski definition) is 2. The molecule has 0 spiro atoms. The zero-order chi connectivity index (χ0) is 26.0. The van der Waals surface area contributed by atoms with E-state index in [0.29, 0.717) is 0 Å². The van der Waals surface area contributed by atoms with Crippen LogP contribution in [0.4, 0.5) is 29.7 Å². The number of nitrogens with zero attached hydrogens (tertiary/aromatic N) is 2. The first-order valence-electron chi connectivity index (χ1n) is 11.2. The summed E-state index contributed by atoms with van der Waals surface area (Å²) < 4.78 is 40.4. The Morgan fingerprint density at radius 2 is 1.19 bits per heavy atom. The van der Waals surface area contributed by atoms with Gasteiger partial charge in [0.2, 0.25) is 11.8 Å². The summed E-state index contributed by atoms with van der Waals surface area (Å²) in [6, 6.07) is 7.86. The minimum atomic E-state index is -0.756. The highest BCUT2D eigenvalue weighted by Crippen LogP contribution is 2.33. The Hall–Kier alpha value is -4.22. The smallest absolute Gasteiger partial charge is 0.414 e. The molecule has 36 heavy (non-hydrogen) atoms. The molecule has 4 rings (SSSR count). The van der Waals surface area contributed by atoms with Crippen molar-refractivity contribution in [3.8, 4) is 11.1 Å². The number of amides is 4. The standard InChI is InChI=1S/C24H24F2N4O6/c1-13(31)27-9-17-11-29(23(33)35-17)15-3-5-19(21(25)7-15)20-6-4-16(8-22(20)26)30-12-18(36-24(30)34)10-28-14(2)32/h3-8,17-18H,9-12H2,1-2H3,(H,27,31)(H,28,32)/t17-,18-/m0/s1. The highest BCUT2D eigenvalue weighted by Gasteiger charge is 2.34. The fourth-order valence-corrected chi connectivity index (χ4v) is 3.97. The third kappa shape index (κ3) is 5.37. The van der Waals surface area contributed by atoms with E-state index in [0.717, 1.165) is 12.1 Å². The van der Waals surface area contributed by atoms with Gasteiger partial charge in [0, 0.05) is 25.0 Å². The Kier molecular flexibility index (Phi) is 7.04.